The molecule has 0 aliphatic heterocycles. The number of carbonyl (C=O) groups excluding carboxylic acids is 1. The van der Waals surface area contributed by atoms with Crippen LogP contribution in [0.4, 0.5) is 5.95 Å². The third kappa shape index (κ3) is 3.77. The molecule has 0 unspecified atom stereocenters. The fourth-order valence-electron chi connectivity index (χ4n) is 0.960. The first kappa shape index (κ1) is 12.3. The summed E-state index contributed by atoms with van der Waals surface area (Å²) >= 11 is 4.78. The standard InChI is InChI=1S/C9H12N4O2S/c1-15-7(14)3-5-12-9-11-4-2-6(13-9)8(10)16/h2,4H,3,5H2,1H3,(H2,10,16)(H,11,12,13). The molecule has 3 N–H and O–H groups in total. The average Bonchev–Trinajstić information content (AvgIpc) is 2.29. The molecule has 0 radical (unpaired) electrons. The van der Waals surface area contributed by atoms with Crippen molar-refractivity contribution < 1.29 is 9.53 Å². The minimum Gasteiger partial charge on any atom is -0.469 e. The maximum Gasteiger partial charge on any atom is 0.307 e. The molecule has 0 saturated carbocycles. The van der Waals surface area contributed by atoms with Gasteiger partial charge in [0, 0.05) is 12.7 Å². The van der Waals surface area contributed by atoms with Crippen molar-refractivity contribution in [2.45, 2.75) is 6.42 Å². The molecule has 7 heteroatoms. The first-order valence-corrected chi connectivity index (χ1v) is 4.98. The number of carbonyl (C=O) groups is 1. The highest BCUT2D eigenvalue weighted by atomic mass is 32.1. The summed E-state index contributed by atoms with van der Waals surface area (Å²) in [5.41, 5.74) is 5.91. The number of nitrogens with one attached hydrogen (secondary N) is 1. The molecule has 1 heterocycles. The Balaban J connectivity index is 2.51. The van der Waals surface area contributed by atoms with E-state index < -0.39 is 0 Å². The van der Waals surface area contributed by atoms with Crippen molar-refractivity contribution in [2.24, 2.45) is 5.73 Å². The Bertz CT molecular complexity index is 397. The van der Waals surface area contributed by atoms with E-state index in [1.165, 1.54) is 7.11 Å². The number of hydrogen-bond acceptors (Lipinski definition) is 6. The second-order valence-corrected chi connectivity index (χ2v) is 3.32. The highest BCUT2D eigenvalue weighted by Gasteiger charge is 2.03. The molecular formula is C9H12N4O2S. The van der Waals surface area contributed by atoms with Gasteiger partial charge in [-0.05, 0) is 6.07 Å². The number of hydrogen-bond donors (Lipinski definition) is 2. The van der Waals surface area contributed by atoms with Crippen LogP contribution in [0.3, 0.4) is 0 Å². The van der Waals surface area contributed by atoms with Crippen LogP contribution < -0.4 is 11.1 Å². The number of rotatable bonds is 5. The number of nitrogens with zero attached hydrogens (tertiary/aromatic N) is 2. The third-order valence-corrected chi connectivity index (χ3v) is 1.96. The van der Waals surface area contributed by atoms with Gasteiger partial charge in [0.1, 0.15) is 10.7 Å². The van der Waals surface area contributed by atoms with E-state index in [9.17, 15) is 4.79 Å². The highest BCUT2D eigenvalue weighted by Crippen LogP contribution is 2.00. The Hall–Kier alpha value is -1.76. The largest absolute Gasteiger partial charge is 0.469 e. The lowest BCUT2D eigenvalue weighted by atomic mass is 10.4. The van der Waals surface area contributed by atoms with E-state index >= 15 is 0 Å². The zero-order valence-electron chi connectivity index (χ0n) is 8.77. The molecule has 6 nitrogen and oxygen atoms in total. The third-order valence-electron chi connectivity index (χ3n) is 1.75. The van der Waals surface area contributed by atoms with Gasteiger partial charge in [-0.3, -0.25) is 4.79 Å². The molecule has 0 fully saturated rings. The molecule has 0 amide bonds. The van der Waals surface area contributed by atoms with Crippen molar-refractivity contribution in [1.82, 2.24) is 9.97 Å². The zero-order valence-corrected chi connectivity index (χ0v) is 9.58. The monoisotopic (exact) mass is 240 g/mol. The summed E-state index contributed by atoms with van der Waals surface area (Å²) in [6.07, 6.45) is 1.79. The van der Waals surface area contributed by atoms with E-state index in [0.717, 1.165) is 0 Å². The van der Waals surface area contributed by atoms with Crippen LogP contribution in [0.2, 0.25) is 0 Å². The smallest absolute Gasteiger partial charge is 0.307 e. The summed E-state index contributed by atoms with van der Waals surface area (Å²) in [6.45, 7) is 0.396. The molecule has 0 spiro atoms. The number of nitrogens with two attached hydrogens (primary N) is 1. The molecule has 1 aromatic rings. The van der Waals surface area contributed by atoms with E-state index in [4.69, 9.17) is 18.0 Å². The van der Waals surface area contributed by atoms with E-state index in [1.807, 2.05) is 0 Å². The van der Waals surface area contributed by atoms with Crippen LogP contribution in [0.25, 0.3) is 0 Å². The molecular weight excluding hydrogens is 228 g/mol. The van der Waals surface area contributed by atoms with Crippen LogP contribution >= 0.6 is 12.2 Å². The number of methoxy groups -OCH3 is 1. The fourth-order valence-corrected chi connectivity index (χ4v) is 1.07. The van der Waals surface area contributed by atoms with Crippen molar-refractivity contribution >= 4 is 29.1 Å². The lowest BCUT2D eigenvalue weighted by Gasteiger charge is -2.04. The number of ether oxygens (including phenoxy) is 1. The predicted molar refractivity (Wildman–Crippen MR) is 63.0 cm³/mol. The molecule has 16 heavy (non-hydrogen) atoms. The molecule has 0 atom stereocenters. The SMILES string of the molecule is COC(=O)CCNc1nccc(C(N)=S)n1. The average molecular weight is 240 g/mol. The number of esters is 1. The molecule has 86 valence electrons. The van der Waals surface area contributed by atoms with Crippen molar-refractivity contribution in [1.29, 1.82) is 0 Å². The van der Waals surface area contributed by atoms with Gasteiger partial charge in [-0.25, -0.2) is 9.97 Å². The van der Waals surface area contributed by atoms with Crippen LogP contribution in [0.5, 0.6) is 0 Å². The Labute approximate surface area is 98.2 Å². The van der Waals surface area contributed by atoms with Crippen LogP contribution in [0, 0.1) is 0 Å². The van der Waals surface area contributed by atoms with Gasteiger partial charge in [0.15, 0.2) is 0 Å². The van der Waals surface area contributed by atoms with Gasteiger partial charge in [-0.15, -0.1) is 0 Å². The lowest BCUT2D eigenvalue weighted by molar-refractivity contribution is -0.140. The zero-order chi connectivity index (χ0) is 12.0. The molecule has 0 saturated heterocycles. The normalized spacial score (nSPS) is 9.56. The molecule has 0 aliphatic rings. The van der Waals surface area contributed by atoms with Crippen LogP contribution in [-0.4, -0.2) is 34.6 Å². The quantitative estimate of drug-likeness (QED) is 0.556. The first-order chi connectivity index (χ1) is 7.63. The summed E-state index contributed by atoms with van der Waals surface area (Å²) in [5, 5.41) is 2.87. The number of aromatic nitrogens is 2. The van der Waals surface area contributed by atoms with E-state index in [2.05, 4.69) is 20.0 Å². The highest BCUT2D eigenvalue weighted by molar-refractivity contribution is 7.80. The van der Waals surface area contributed by atoms with Gasteiger partial charge in [-0.1, -0.05) is 12.2 Å². The number of anilines is 1. The van der Waals surface area contributed by atoms with Gasteiger partial charge in [0.2, 0.25) is 5.95 Å². The summed E-state index contributed by atoms with van der Waals surface area (Å²) < 4.78 is 4.49. The molecule has 0 bridgehead atoms. The van der Waals surface area contributed by atoms with Crippen LogP contribution in [0.15, 0.2) is 12.3 Å². The van der Waals surface area contributed by atoms with Gasteiger partial charge in [-0.2, -0.15) is 0 Å². The summed E-state index contributed by atoms with van der Waals surface area (Å²) in [7, 11) is 1.34. The molecule has 1 rings (SSSR count). The molecule has 0 aromatic carbocycles. The predicted octanol–water partition coefficient (Wildman–Crippen LogP) is 0.0858. The van der Waals surface area contributed by atoms with Crippen LogP contribution in [-0.2, 0) is 9.53 Å². The maximum atomic E-state index is 10.8. The first-order valence-electron chi connectivity index (χ1n) is 4.57. The van der Waals surface area contributed by atoms with E-state index in [1.54, 1.807) is 12.3 Å². The van der Waals surface area contributed by atoms with Gasteiger partial charge in [0.25, 0.3) is 0 Å². The summed E-state index contributed by atoms with van der Waals surface area (Å²) in [4.78, 5) is 19.0. The van der Waals surface area contributed by atoms with Crippen molar-refractivity contribution in [3.05, 3.63) is 18.0 Å². The Kier molecular flexibility index (Phi) is 4.59. The Morgan fingerprint density at radius 2 is 2.44 bits per heavy atom. The van der Waals surface area contributed by atoms with Crippen LogP contribution in [0.1, 0.15) is 12.1 Å². The fraction of sp³-hybridized carbons (Fsp3) is 0.333. The topological polar surface area (TPSA) is 90.1 Å². The summed E-state index contributed by atoms with van der Waals surface area (Å²) in [5.74, 6) is 0.0900. The van der Waals surface area contributed by atoms with Gasteiger partial charge in [0.05, 0.1) is 13.5 Å². The number of thiocarbonyl (C=S) groups is 1. The molecule has 1 aromatic heterocycles. The van der Waals surface area contributed by atoms with Crippen molar-refractivity contribution in [2.75, 3.05) is 19.0 Å². The molecule has 0 aliphatic carbocycles. The van der Waals surface area contributed by atoms with Gasteiger partial charge >= 0.3 is 5.97 Å². The van der Waals surface area contributed by atoms with Gasteiger partial charge < -0.3 is 15.8 Å². The lowest BCUT2D eigenvalue weighted by Crippen LogP contribution is -2.15. The maximum absolute atomic E-state index is 10.8. The van der Waals surface area contributed by atoms with Crippen molar-refractivity contribution in [3.63, 3.8) is 0 Å². The van der Waals surface area contributed by atoms with E-state index in [0.29, 0.717) is 18.2 Å². The Morgan fingerprint density at radius 1 is 1.69 bits per heavy atom. The minimum absolute atomic E-state index is 0.207. The second kappa shape index (κ2) is 5.96. The van der Waals surface area contributed by atoms with E-state index in [-0.39, 0.29) is 17.4 Å². The minimum atomic E-state index is -0.294. The summed E-state index contributed by atoms with van der Waals surface area (Å²) in [6, 6.07) is 1.62. The Morgan fingerprint density at radius 3 is 3.06 bits per heavy atom. The second-order valence-electron chi connectivity index (χ2n) is 2.88. The van der Waals surface area contributed by atoms with Crippen molar-refractivity contribution in [3.8, 4) is 0 Å².